The summed E-state index contributed by atoms with van der Waals surface area (Å²) in [5, 5.41) is 4.79. The predicted molar refractivity (Wildman–Crippen MR) is 128 cm³/mol. The maximum Gasteiger partial charge on any atom is 0.0730 e. The molecule has 0 aliphatic rings. The fraction of sp³-hybridized carbons (Fsp3) is 0.286. The van der Waals surface area contributed by atoms with Crippen LogP contribution in [-0.4, -0.2) is 41.5 Å². The summed E-state index contributed by atoms with van der Waals surface area (Å²) in [5.74, 6) is 0. The lowest BCUT2D eigenvalue weighted by Crippen LogP contribution is -2.28. The van der Waals surface area contributed by atoms with Gasteiger partial charge in [0.15, 0.2) is 0 Å². The Morgan fingerprint density at radius 2 is 1.52 bits per heavy atom. The highest BCUT2D eigenvalue weighted by Gasteiger charge is 2.07. The van der Waals surface area contributed by atoms with E-state index >= 15 is 0 Å². The summed E-state index contributed by atoms with van der Waals surface area (Å²) < 4.78 is 0. The Balaban J connectivity index is 0.00000225. The minimum atomic E-state index is 0. The third kappa shape index (κ3) is 6.57. The second kappa shape index (κ2) is 12.8. The van der Waals surface area contributed by atoms with Gasteiger partial charge in [-0.2, -0.15) is 0 Å². The van der Waals surface area contributed by atoms with E-state index in [2.05, 4.69) is 72.6 Å². The quantitative estimate of drug-likeness (QED) is 0.499. The number of hydrogen-bond donors (Lipinski definition) is 1. The number of benzene rings is 2. The van der Waals surface area contributed by atoms with Gasteiger partial charge in [-0.05, 0) is 25.2 Å². The highest BCUT2D eigenvalue weighted by molar-refractivity contribution is 8.93. The van der Waals surface area contributed by atoms with Gasteiger partial charge in [-0.15, -0.1) is 34.0 Å². The molecule has 0 radical (unpaired) electrons. The van der Waals surface area contributed by atoms with E-state index < -0.39 is 0 Å². The lowest BCUT2D eigenvalue weighted by atomic mass is 10.1. The Labute approximate surface area is 182 Å². The van der Waals surface area contributed by atoms with E-state index in [-0.39, 0.29) is 39.4 Å². The Morgan fingerprint density at radius 3 is 2.19 bits per heavy atom. The average Bonchev–Trinajstić information content (AvgIpc) is 2.65. The first-order chi connectivity index (χ1) is 11.8. The molecule has 0 aliphatic heterocycles. The number of nitrogens with one attached hydrogen (secondary N) is 1. The van der Waals surface area contributed by atoms with Crippen molar-refractivity contribution in [2.24, 2.45) is 0 Å². The summed E-state index contributed by atoms with van der Waals surface area (Å²) >= 11 is 0. The van der Waals surface area contributed by atoms with E-state index in [0.717, 1.165) is 48.6 Å². The van der Waals surface area contributed by atoms with E-state index in [1.165, 1.54) is 5.39 Å². The topological polar surface area (TPSA) is 59.7 Å². The van der Waals surface area contributed by atoms with E-state index in [4.69, 9.17) is 4.98 Å². The predicted octanol–water partition coefficient (Wildman–Crippen LogP) is 4.99. The Morgan fingerprint density at radius 1 is 0.889 bits per heavy atom. The number of rotatable bonds is 7. The molecule has 1 aromatic heterocycles. The minimum Gasteiger partial charge on any atom is -0.412 e. The van der Waals surface area contributed by atoms with Crippen LogP contribution >= 0.6 is 34.0 Å². The molecule has 148 valence electrons. The third-order valence-corrected chi connectivity index (χ3v) is 4.42. The van der Waals surface area contributed by atoms with Gasteiger partial charge in [0.05, 0.1) is 11.2 Å². The van der Waals surface area contributed by atoms with E-state index in [0.29, 0.717) is 0 Å². The molecule has 3 rings (SSSR count). The van der Waals surface area contributed by atoms with Gasteiger partial charge in [0, 0.05) is 29.7 Å². The van der Waals surface area contributed by atoms with Gasteiger partial charge in [-0.25, -0.2) is 4.98 Å². The van der Waals surface area contributed by atoms with Crippen molar-refractivity contribution >= 4 is 50.6 Å². The van der Waals surface area contributed by atoms with Gasteiger partial charge in [0.25, 0.3) is 0 Å². The van der Waals surface area contributed by atoms with Crippen LogP contribution in [0.15, 0.2) is 60.7 Å². The van der Waals surface area contributed by atoms with Crippen LogP contribution in [0.5, 0.6) is 0 Å². The number of halogens is 2. The zero-order valence-electron chi connectivity index (χ0n) is 15.8. The van der Waals surface area contributed by atoms with Gasteiger partial charge in [-0.3, -0.25) is 0 Å². The number of fused-ring (bicyclic) bond motifs is 1. The second-order valence-corrected chi connectivity index (χ2v) is 5.89. The number of nitrogens with zero attached hydrogens (tertiary/aromatic N) is 2. The normalized spacial score (nSPS) is 9.89. The number of likely N-dealkylation sites (N-methyl/N-ethyl adjacent to an activating group) is 1. The van der Waals surface area contributed by atoms with Gasteiger partial charge >= 0.3 is 0 Å². The number of anilines is 1. The zero-order chi connectivity index (χ0) is 16.8. The monoisotopic (exact) mass is 497 g/mol. The average molecular weight is 499 g/mol. The molecule has 27 heavy (non-hydrogen) atoms. The number of para-hydroxylation sites is 1. The van der Waals surface area contributed by atoms with Crippen LogP contribution in [0.4, 0.5) is 5.69 Å². The standard InChI is InChI=1S/C21H25N3.2BrH.H2O/c1-3-24(4-2)15-14-22-21-16-20(17-10-6-5-7-11-17)23-19-13-9-8-12-18(19)21;;;/h5-13,16H,3-4,14-15H2,1-2H3,(H,22,23);2*1H;1H2. The Kier molecular flexibility index (Phi) is 12.1. The zero-order valence-corrected chi connectivity index (χ0v) is 19.2. The van der Waals surface area contributed by atoms with Crippen molar-refractivity contribution < 1.29 is 5.48 Å². The summed E-state index contributed by atoms with van der Waals surface area (Å²) in [6.45, 7) is 8.57. The molecule has 0 atom stereocenters. The van der Waals surface area contributed by atoms with Crippen molar-refractivity contribution in [2.75, 3.05) is 31.5 Å². The molecule has 6 heteroatoms. The van der Waals surface area contributed by atoms with Crippen LogP contribution in [0.2, 0.25) is 0 Å². The van der Waals surface area contributed by atoms with Crippen LogP contribution in [0.3, 0.4) is 0 Å². The molecule has 0 spiro atoms. The summed E-state index contributed by atoms with van der Waals surface area (Å²) in [5.41, 5.74) is 4.35. The third-order valence-electron chi connectivity index (χ3n) is 4.42. The van der Waals surface area contributed by atoms with E-state index in [1.54, 1.807) is 0 Å². The molecule has 0 saturated heterocycles. The first-order valence-corrected chi connectivity index (χ1v) is 8.73. The molecule has 0 saturated carbocycles. The summed E-state index contributed by atoms with van der Waals surface area (Å²) in [4.78, 5) is 7.26. The molecule has 0 amide bonds. The largest absolute Gasteiger partial charge is 0.412 e. The SMILES string of the molecule is Br.Br.CCN(CC)CCNc1cc(-c2ccccc2)nc2ccccc12.O. The summed E-state index contributed by atoms with van der Waals surface area (Å²) in [6, 6.07) is 20.9. The molecule has 0 aliphatic carbocycles. The lowest BCUT2D eigenvalue weighted by molar-refractivity contribution is 0.316. The van der Waals surface area contributed by atoms with Crippen molar-refractivity contribution in [3.8, 4) is 11.3 Å². The first kappa shape index (κ1) is 25.5. The lowest BCUT2D eigenvalue weighted by Gasteiger charge is -2.19. The fourth-order valence-electron chi connectivity index (χ4n) is 2.97. The molecule has 2 aromatic carbocycles. The number of pyridine rings is 1. The number of aromatic nitrogens is 1. The molecule has 4 nitrogen and oxygen atoms in total. The van der Waals surface area contributed by atoms with Crippen molar-refractivity contribution in [1.29, 1.82) is 0 Å². The fourth-order valence-corrected chi connectivity index (χ4v) is 2.97. The minimum absolute atomic E-state index is 0. The van der Waals surface area contributed by atoms with Gasteiger partial charge in [-0.1, -0.05) is 62.4 Å². The van der Waals surface area contributed by atoms with Gasteiger partial charge in [0.2, 0.25) is 0 Å². The van der Waals surface area contributed by atoms with Crippen LogP contribution in [0.1, 0.15) is 13.8 Å². The van der Waals surface area contributed by atoms with Crippen LogP contribution < -0.4 is 5.32 Å². The summed E-state index contributed by atoms with van der Waals surface area (Å²) in [7, 11) is 0. The van der Waals surface area contributed by atoms with Crippen LogP contribution in [0.25, 0.3) is 22.2 Å². The highest BCUT2D eigenvalue weighted by atomic mass is 79.9. The summed E-state index contributed by atoms with van der Waals surface area (Å²) in [6.07, 6.45) is 0. The van der Waals surface area contributed by atoms with Crippen LogP contribution in [0, 0.1) is 0 Å². The smallest absolute Gasteiger partial charge is 0.0730 e. The van der Waals surface area contributed by atoms with Crippen LogP contribution in [-0.2, 0) is 0 Å². The van der Waals surface area contributed by atoms with Crippen molar-refractivity contribution in [3.63, 3.8) is 0 Å². The van der Waals surface area contributed by atoms with Gasteiger partial charge < -0.3 is 15.7 Å². The Hall–Kier alpha value is -1.47. The second-order valence-electron chi connectivity index (χ2n) is 5.89. The molecule has 0 bridgehead atoms. The Bertz CT molecular complexity index is 796. The molecule has 0 unspecified atom stereocenters. The molecular formula is C21H29Br2N3O. The van der Waals surface area contributed by atoms with Gasteiger partial charge in [0.1, 0.15) is 0 Å². The first-order valence-electron chi connectivity index (χ1n) is 8.73. The highest BCUT2D eigenvalue weighted by Crippen LogP contribution is 2.28. The molecule has 3 N–H and O–H groups in total. The maximum absolute atomic E-state index is 4.83. The van der Waals surface area contributed by atoms with Crippen molar-refractivity contribution in [3.05, 3.63) is 60.7 Å². The van der Waals surface area contributed by atoms with E-state index in [1.807, 2.05) is 12.1 Å². The molecule has 0 fully saturated rings. The van der Waals surface area contributed by atoms with Crippen molar-refractivity contribution in [2.45, 2.75) is 13.8 Å². The molecule has 1 heterocycles. The van der Waals surface area contributed by atoms with Crippen molar-refractivity contribution in [1.82, 2.24) is 9.88 Å². The maximum atomic E-state index is 4.83. The molecule has 3 aromatic rings. The molecular weight excluding hydrogens is 470 g/mol. The van der Waals surface area contributed by atoms with E-state index in [9.17, 15) is 0 Å². The number of hydrogen-bond acceptors (Lipinski definition) is 3.